The number of nitrogens with one attached hydrogen (secondary N) is 1. The van der Waals surface area contributed by atoms with E-state index in [1.165, 1.54) is 0 Å². The van der Waals surface area contributed by atoms with Crippen LogP contribution in [0.5, 0.6) is 0 Å². The van der Waals surface area contributed by atoms with Crippen molar-refractivity contribution in [3.63, 3.8) is 0 Å². The monoisotopic (exact) mass is 192 g/mol. The van der Waals surface area contributed by atoms with Gasteiger partial charge in [0.2, 0.25) is 0 Å². The van der Waals surface area contributed by atoms with Gasteiger partial charge in [0, 0.05) is 6.04 Å². The number of nitrogens with two attached hydrogens (primary N) is 1. The molecule has 13 heavy (non-hydrogen) atoms. The van der Waals surface area contributed by atoms with Crippen LogP contribution in [0.2, 0.25) is 0 Å². The quantitative estimate of drug-likeness (QED) is 0.274. The van der Waals surface area contributed by atoms with Crippen molar-refractivity contribution in [3.05, 3.63) is 0 Å². The van der Waals surface area contributed by atoms with Gasteiger partial charge < -0.3 is 31.5 Å². The average Bonchev–Trinajstić information content (AvgIpc) is 2.43. The summed E-state index contributed by atoms with van der Waals surface area (Å²) < 4.78 is 0. The minimum atomic E-state index is -1.04. The molecule has 0 radical (unpaired) electrons. The first-order valence-electron chi connectivity index (χ1n) is 4.21. The molecule has 5 atom stereocenters. The van der Waals surface area contributed by atoms with Crippen molar-refractivity contribution in [1.82, 2.24) is 5.32 Å². The number of aliphatic hydroxyl groups excluding tert-OH is 4. The van der Waals surface area contributed by atoms with Gasteiger partial charge in [0.15, 0.2) is 0 Å². The first-order chi connectivity index (χ1) is 6.11. The van der Waals surface area contributed by atoms with Crippen LogP contribution in [0.4, 0.5) is 0 Å². The maximum absolute atomic E-state index is 9.45. The fourth-order valence-corrected chi connectivity index (χ4v) is 1.55. The maximum Gasteiger partial charge on any atom is 0.0990 e. The highest BCUT2D eigenvalue weighted by atomic mass is 16.3. The van der Waals surface area contributed by atoms with Crippen molar-refractivity contribution in [3.8, 4) is 0 Å². The highest BCUT2D eigenvalue weighted by molar-refractivity contribution is 5.01. The zero-order valence-corrected chi connectivity index (χ0v) is 7.17. The smallest absolute Gasteiger partial charge is 0.0990 e. The largest absolute Gasteiger partial charge is 0.395 e. The van der Waals surface area contributed by atoms with Gasteiger partial charge >= 0.3 is 0 Å². The van der Waals surface area contributed by atoms with E-state index in [1.807, 2.05) is 0 Å². The molecule has 6 nitrogen and oxygen atoms in total. The summed E-state index contributed by atoms with van der Waals surface area (Å²) in [5, 5.41) is 39.1. The average molecular weight is 192 g/mol. The van der Waals surface area contributed by atoms with E-state index >= 15 is 0 Å². The molecule has 1 unspecified atom stereocenters. The predicted octanol–water partition coefficient (Wildman–Crippen LogP) is -3.64. The Balaban J connectivity index is 2.60. The van der Waals surface area contributed by atoms with E-state index in [2.05, 4.69) is 5.32 Å². The predicted molar refractivity (Wildman–Crippen MR) is 44.9 cm³/mol. The highest BCUT2D eigenvalue weighted by Gasteiger charge is 2.42. The molecule has 0 spiro atoms. The van der Waals surface area contributed by atoms with Gasteiger partial charge in [-0.15, -0.1) is 0 Å². The van der Waals surface area contributed by atoms with Crippen LogP contribution in [0.15, 0.2) is 0 Å². The molecule has 0 aliphatic carbocycles. The lowest BCUT2D eigenvalue weighted by Gasteiger charge is -2.20. The van der Waals surface area contributed by atoms with Crippen LogP contribution in [-0.4, -0.2) is 64.0 Å². The van der Waals surface area contributed by atoms with Crippen LogP contribution in [-0.2, 0) is 0 Å². The third-order valence-corrected chi connectivity index (χ3v) is 2.41. The summed E-state index contributed by atoms with van der Waals surface area (Å²) in [6.07, 6.45) is -2.08. The second kappa shape index (κ2) is 4.32. The maximum atomic E-state index is 9.45. The van der Waals surface area contributed by atoms with E-state index in [-0.39, 0.29) is 13.2 Å². The number of rotatable bonds is 3. The standard InChI is InChI=1S/C7H16N2O4/c8-3(1-10)5-7(13)6(12)4(2-11)9-5/h3-7,9-13H,1-2,8H2/t3-,4+,5?,6+,7+/m0/s1. The minimum absolute atomic E-state index is 0.271. The summed E-state index contributed by atoms with van der Waals surface area (Å²) in [5.41, 5.74) is 5.48. The van der Waals surface area contributed by atoms with Crippen molar-refractivity contribution >= 4 is 0 Å². The molecule has 0 bridgehead atoms. The Hall–Kier alpha value is -0.240. The van der Waals surface area contributed by atoms with Crippen molar-refractivity contribution in [2.24, 2.45) is 5.73 Å². The van der Waals surface area contributed by atoms with Crippen LogP contribution < -0.4 is 11.1 Å². The third-order valence-electron chi connectivity index (χ3n) is 2.41. The normalized spacial score (nSPS) is 42.2. The van der Waals surface area contributed by atoms with E-state index in [1.54, 1.807) is 0 Å². The Morgan fingerprint density at radius 1 is 1.23 bits per heavy atom. The van der Waals surface area contributed by atoms with E-state index in [9.17, 15) is 10.2 Å². The molecule has 1 fully saturated rings. The van der Waals surface area contributed by atoms with Gasteiger partial charge in [0.05, 0.1) is 37.5 Å². The second-order valence-electron chi connectivity index (χ2n) is 3.31. The molecule has 1 heterocycles. The van der Waals surface area contributed by atoms with Gasteiger partial charge in [-0.2, -0.15) is 0 Å². The summed E-state index contributed by atoms with van der Waals surface area (Å²) >= 11 is 0. The van der Waals surface area contributed by atoms with E-state index < -0.39 is 30.3 Å². The van der Waals surface area contributed by atoms with Crippen molar-refractivity contribution in [2.45, 2.75) is 30.3 Å². The number of hydrogen-bond donors (Lipinski definition) is 6. The molecule has 1 saturated heterocycles. The fraction of sp³-hybridized carbons (Fsp3) is 1.00. The Morgan fingerprint density at radius 3 is 2.23 bits per heavy atom. The summed E-state index contributed by atoms with van der Waals surface area (Å²) in [6.45, 7) is -0.549. The topological polar surface area (TPSA) is 119 Å². The Labute approximate surface area is 76.0 Å². The van der Waals surface area contributed by atoms with Crippen molar-refractivity contribution in [1.29, 1.82) is 0 Å². The van der Waals surface area contributed by atoms with Gasteiger partial charge in [-0.3, -0.25) is 0 Å². The summed E-state index contributed by atoms with van der Waals surface area (Å²) in [5.74, 6) is 0. The first-order valence-corrected chi connectivity index (χ1v) is 4.21. The molecule has 0 aromatic carbocycles. The molecule has 0 amide bonds. The van der Waals surface area contributed by atoms with E-state index in [0.717, 1.165) is 0 Å². The third kappa shape index (κ3) is 1.98. The molecule has 1 aliphatic heterocycles. The fourth-order valence-electron chi connectivity index (χ4n) is 1.55. The number of aliphatic hydroxyl groups is 4. The van der Waals surface area contributed by atoms with Crippen LogP contribution in [0.1, 0.15) is 0 Å². The van der Waals surface area contributed by atoms with Gasteiger partial charge in [-0.05, 0) is 0 Å². The lowest BCUT2D eigenvalue weighted by atomic mass is 10.0. The van der Waals surface area contributed by atoms with Crippen molar-refractivity contribution in [2.75, 3.05) is 13.2 Å². The second-order valence-corrected chi connectivity index (χ2v) is 3.31. The number of hydrogen-bond acceptors (Lipinski definition) is 6. The summed E-state index contributed by atoms with van der Waals surface area (Å²) in [7, 11) is 0. The molecule has 1 aliphatic rings. The van der Waals surface area contributed by atoms with Crippen LogP contribution in [0, 0.1) is 0 Å². The highest BCUT2D eigenvalue weighted by Crippen LogP contribution is 2.15. The molecular weight excluding hydrogens is 176 g/mol. The molecule has 7 N–H and O–H groups in total. The van der Waals surface area contributed by atoms with Crippen molar-refractivity contribution < 1.29 is 20.4 Å². The van der Waals surface area contributed by atoms with Gasteiger partial charge in [0.1, 0.15) is 0 Å². The van der Waals surface area contributed by atoms with E-state index in [0.29, 0.717) is 0 Å². The van der Waals surface area contributed by atoms with Crippen LogP contribution >= 0.6 is 0 Å². The van der Waals surface area contributed by atoms with E-state index in [4.69, 9.17) is 15.9 Å². The van der Waals surface area contributed by atoms with Crippen LogP contribution in [0.3, 0.4) is 0 Å². The molecule has 1 rings (SSSR count). The summed E-state index contributed by atoms with van der Waals surface area (Å²) in [4.78, 5) is 0. The minimum Gasteiger partial charge on any atom is -0.395 e. The molecule has 0 aromatic heterocycles. The molecule has 78 valence electrons. The van der Waals surface area contributed by atoms with Gasteiger partial charge in [-0.25, -0.2) is 0 Å². The Kier molecular flexibility index (Phi) is 3.60. The lowest BCUT2D eigenvalue weighted by molar-refractivity contribution is 0.0146. The molecular formula is C7H16N2O4. The van der Waals surface area contributed by atoms with Crippen LogP contribution in [0.25, 0.3) is 0 Å². The lowest BCUT2D eigenvalue weighted by Crippen LogP contribution is -2.50. The zero-order valence-electron chi connectivity index (χ0n) is 7.17. The van der Waals surface area contributed by atoms with Gasteiger partial charge in [-0.1, -0.05) is 0 Å². The SMILES string of the molecule is N[C@@H](CO)C1N[C@H](CO)[C@@H](O)[C@@H]1O. The molecule has 6 heteroatoms. The Bertz CT molecular complexity index is 169. The molecule has 0 aromatic rings. The first kappa shape index (κ1) is 10.8. The summed E-state index contributed by atoms with van der Waals surface area (Å²) in [6, 6.07) is -1.78. The zero-order chi connectivity index (χ0) is 10.0. The Morgan fingerprint density at radius 2 is 1.85 bits per heavy atom. The van der Waals surface area contributed by atoms with Gasteiger partial charge in [0.25, 0.3) is 0 Å². The molecule has 0 saturated carbocycles.